The quantitative estimate of drug-likeness (QED) is 0.436. The summed E-state index contributed by atoms with van der Waals surface area (Å²) >= 11 is 1.38. The van der Waals surface area contributed by atoms with E-state index in [1.165, 1.54) is 17.3 Å². The lowest BCUT2D eigenvalue weighted by Gasteiger charge is -2.26. The van der Waals surface area contributed by atoms with Crippen LogP contribution in [-0.2, 0) is 17.8 Å². The third-order valence-electron chi connectivity index (χ3n) is 5.37. The van der Waals surface area contributed by atoms with Crippen molar-refractivity contribution in [3.63, 3.8) is 0 Å². The zero-order valence-electron chi connectivity index (χ0n) is 16.9. The number of ether oxygens (including phenoxy) is 2. The van der Waals surface area contributed by atoms with E-state index in [1.807, 2.05) is 51.9 Å². The molecule has 8 heteroatoms. The highest BCUT2D eigenvalue weighted by Crippen LogP contribution is 2.36. The van der Waals surface area contributed by atoms with E-state index in [-0.39, 0.29) is 17.8 Å². The molecule has 158 valence electrons. The van der Waals surface area contributed by atoms with Crippen LogP contribution in [-0.4, -0.2) is 39.6 Å². The lowest BCUT2D eigenvalue weighted by atomic mass is 10.2. The molecule has 0 saturated carbocycles. The van der Waals surface area contributed by atoms with Gasteiger partial charge in [-0.15, -0.1) is 16.8 Å². The van der Waals surface area contributed by atoms with Gasteiger partial charge in [-0.1, -0.05) is 48.2 Å². The molecular formula is C23H22N4O3S. The number of aromatic nitrogens is 3. The number of rotatable bonds is 6. The maximum absolute atomic E-state index is 12.9. The summed E-state index contributed by atoms with van der Waals surface area (Å²) < 4.78 is 13.9. The van der Waals surface area contributed by atoms with Gasteiger partial charge in [-0.05, 0) is 30.2 Å². The average molecular weight is 435 g/mol. The van der Waals surface area contributed by atoms with Gasteiger partial charge >= 0.3 is 0 Å². The lowest BCUT2D eigenvalue weighted by molar-refractivity contribution is -0.116. The summed E-state index contributed by atoms with van der Waals surface area (Å²) in [6.07, 6.45) is 2.30. The number of anilines is 1. The summed E-state index contributed by atoms with van der Waals surface area (Å²) in [6, 6.07) is 15.6. The minimum absolute atomic E-state index is 0.0656. The van der Waals surface area contributed by atoms with Gasteiger partial charge < -0.3 is 14.4 Å². The number of hydrogen-bond acceptors (Lipinski definition) is 6. The van der Waals surface area contributed by atoms with Crippen LogP contribution in [0.25, 0.3) is 0 Å². The predicted octanol–water partition coefficient (Wildman–Crippen LogP) is 3.66. The van der Waals surface area contributed by atoms with E-state index in [0.717, 1.165) is 24.4 Å². The molecular weight excluding hydrogens is 412 g/mol. The topological polar surface area (TPSA) is 69.5 Å². The van der Waals surface area contributed by atoms with Crippen molar-refractivity contribution in [2.75, 3.05) is 23.8 Å². The van der Waals surface area contributed by atoms with Crippen LogP contribution < -0.4 is 14.4 Å². The van der Waals surface area contributed by atoms with Crippen molar-refractivity contribution in [1.82, 2.24) is 14.8 Å². The van der Waals surface area contributed by atoms with Gasteiger partial charge in [-0.2, -0.15) is 0 Å². The number of thioether (sulfide) groups is 1. The summed E-state index contributed by atoms with van der Waals surface area (Å²) in [4.78, 5) is 14.7. The maximum Gasteiger partial charge on any atom is 0.237 e. The molecule has 0 bridgehead atoms. The van der Waals surface area contributed by atoms with Gasteiger partial charge in [0.25, 0.3) is 0 Å². The Kier molecular flexibility index (Phi) is 5.38. The molecule has 0 radical (unpaired) electrons. The largest absolute Gasteiger partial charge is 0.485 e. The van der Waals surface area contributed by atoms with Crippen LogP contribution in [0.1, 0.15) is 17.5 Å². The van der Waals surface area contributed by atoms with Crippen LogP contribution in [0.4, 0.5) is 5.69 Å². The minimum Gasteiger partial charge on any atom is -0.485 e. The molecule has 7 nitrogen and oxygen atoms in total. The molecule has 2 aliphatic rings. The molecule has 0 fully saturated rings. The van der Waals surface area contributed by atoms with Gasteiger partial charge in [0.15, 0.2) is 28.6 Å². The second kappa shape index (κ2) is 8.47. The number of para-hydroxylation sites is 3. The monoisotopic (exact) mass is 434 g/mol. The second-order valence-electron chi connectivity index (χ2n) is 7.32. The Morgan fingerprint density at radius 2 is 1.97 bits per heavy atom. The molecule has 0 saturated heterocycles. The first kappa shape index (κ1) is 19.7. The summed E-state index contributed by atoms with van der Waals surface area (Å²) in [7, 11) is 0. The summed E-state index contributed by atoms with van der Waals surface area (Å²) in [6.45, 7) is 5.44. The van der Waals surface area contributed by atoms with E-state index in [9.17, 15) is 4.79 Å². The van der Waals surface area contributed by atoms with Crippen LogP contribution in [0.5, 0.6) is 11.5 Å². The van der Waals surface area contributed by atoms with Crippen molar-refractivity contribution in [3.8, 4) is 11.5 Å². The normalized spacial score (nSPS) is 16.8. The number of amides is 1. The van der Waals surface area contributed by atoms with Gasteiger partial charge in [-0.3, -0.25) is 9.36 Å². The van der Waals surface area contributed by atoms with E-state index in [0.29, 0.717) is 29.9 Å². The fourth-order valence-electron chi connectivity index (χ4n) is 3.89. The van der Waals surface area contributed by atoms with Crippen LogP contribution in [0.15, 0.2) is 66.3 Å². The Bertz CT molecular complexity index is 1130. The molecule has 5 rings (SSSR count). The number of fused-ring (bicyclic) bond motifs is 2. The summed E-state index contributed by atoms with van der Waals surface area (Å²) in [5.41, 5.74) is 2.22. The molecule has 1 amide bonds. The lowest BCUT2D eigenvalue weighted by Crippen LogP contribution is -2.30. The highest BCUT2D eigenvalue weighted by Gasteiger charge is 2.29. The predicted molar refractivity (Wildman–Crippen MR) is 119 cm³/mol. The zero-order valence-corrected chi connectivity index (χ0v) is 17.8. The molecule has 3 aromatic rings. The van der Waals surface area contributed by atoms with Crippen LogP contribution in [0.2, 0.25) is 0 Å². The van der Waals surface area contributed by atoms with E-state index in [4.69, 9.17) is 9.47 Å². The van der Waals surface area contributed by atoms with Gasteiger partial charge in [0.2, 0.25) is 5.91 Å². The molecule has 2 aliphatic heterocycles. The molecule has 3 heterocycles. The van der Waals surface area contributed by atoms with Crippen LogP contribution in [0.3, 0.4) is 0 Å². The number of benzene rings is 2. The SMILES string of the molecule is C=CCn1c(SCC(=O)N2CCc3ccccc32)nnc1[C@@H]1COc2ccccc2O1. The van der Waals surface area contributed by atoms with E-state index in [1.54, 1.807) is 6.08 Å². The van der Waals surface area contributed by atoms with Gasteiger partial charge in [0, 0.05) is 18.8 Å². The smallest absolute Gasteiger partial charge is 0.237 e. The Balaban J connectivity index is 1.31. The molecule has 2 aromatic carbocycles. The third kappa shape index (κ3) is 3.79. The minimum atomic E-state index is -0.377. The van der Waals surface area contributed by atoms with Gasteiger partial charge in [-0.25, -0.2) is 0 Å². The average Bonchev–Trinajstić information content (AvgIpc) is 3.42. The first-order chi connectivity index (χ1) is 15.2. The Hall–Kier alpha value is -3.26. The fourth-order valence-corrected chi connectivity index (χ4v) is 4.72. The maximum atomic E-state index is 12.9. The van der Waals surface area contributed by atoms with E-state index >= 15 is 0 Å². The number of nitrogens with zero attached hydrogens (tertiary/aromatic N) is 4. The van der Waals surface area contributed by atoms with Crippen molar-refractivity contribution in [2.24, 2.45) is 0 Å². The van der Waals surface area contributed by atoms with E-state index in [2.05, 4.69) is 22.8 Å². The first-order valence-electron chi connectivity index (χ1n) is 10.2. The molecule has 0 unspecified atom stereocenters. The summed E-state index contributed by atoms with van der Waals surface area (Å²) in [5.74, 6) is 2.42. The highest BCUT2D eigenvalue weighted by molar-refractivity contribution is 7.99. The van der Waals surface area contributed by atoms with Crippen molar-refractivity contribution in [2.45, 2.75) is 24.2 Å². The van der Waals surface area contributed by atoms with Crippen LogP contribution >= 0.6 is 11.8 Å². The molecule has 31 heavy (non-hydrogen) atoms. The number of hydrogen-bond donors (Lipinski definition) is 0. The van der Waals surface area contributed by atoms with E-state index < -0.39 is 0 Å². The third-order valence-corrected chi connectivity index (χ3v) is 6.32. The standard InChI is InChI=1S/C23H22N4O3S/c1-2-12-27-22(20-14-29-18-9-5-6-10-19(18)30-20)24-25-23(27)31-15-21(28)26-13-11-16-7-3-4-8-17(16)26/h2-10,20H,1,11-15H2/t20-/m0/s1. The summed E-state index contributed by atoms with van der Waals surface area (Å²) in [5, 5.41) is 9.35. The number of carbonyl (C=O) groups excluding carboxylic acids is 1. The number of allylic oxidation sites excluding steroid dienone is 1. The zero-order chi connectivity index (χ0) is 21.2. The van der Waals surface area contributed by atoms with Crippen molar-refractivity contribution in [1.29, 1.82) is 0 Å². The molecule has 0 aliphatic carbocycles. The van der Waals surface area contributed by atoms with Gasteiger partial charge in [0.05, 0.1) is 5.75 Å². The Labute approximate surface area is 184 Å². The molecule has 1 atom stereocenters. The van der Waals surface area contributed by atoms with Crippen molar-refractivity contribution >= 4 is 23.4 Å². The van der Waals surface area contributed by atoms with Crippen molar-refractivity contribution in [3.05, 3.63) is 72.6 Å². The Morgan fingerprint density at radius 3 is 2.84 bits per heavy atom. The van der Waals surface area contributed by atoms with Gasteiger partial charge in [0.1, 0.15) is 6.61 Å². The fraction of sp³-hybridized carbons (Fsp3) is 0.261. The molecule has 1 aromatic heterocycles. The Morgan fingerprint density at radius 1 is 1.16 bits per heavy atom. The highest BCUT2D eigenvalue weighted by atomic mass is 32.2. The second-order valence-corrected chi connectivity index (χ2v) is 8.26. The first-order valence-corrected chi connectivity index (χ1v) is 11.2. The molecule has 0 N–H and O–H groups in total. The van der Waals surface area contributed by atoms with Crippen molar-refractivity contribution < 1.29 is 14.3 Å². The molecule has 0 spiro atoms. The van der Waals surface area contributed by atoms with Crippen LogP contribution in [0, 0.1) is 0 Å². The number of carbonyl (C=O) groups is 1.